The summed E-state index contributed by atoms with van der Waals surface area (Å²) >= 11 is 0. The van der Waals surface area contributed by atoms with E-state index in [1.54, 1.807) is 20.8 Å². The number of carbonyl (C=O) groups excluding carboxylic acids is 1. The lowest BCUT2D eigenvalue weighted by atomic mass is 10.1. The maximum Gasteiger partial charge on any atom is 0.333 e. The summed E-state index contributed by atoms with van der Waals surface area (Å²) in [5.74, 6) is -0.433. The third-order valence-electron chi connectivity index (χ3n) is 1.62. The molecule has 0 radical (unpaired) electrons. The zero-order chi connectivity index (χ0) is 11.1. The van der Waals surface area contributed by atoms with Gasteiger partial charge in [0, 0.05) is 12.0 Å². The van der Waals surface area contributed by atoms with Gasteiger partial charge in [-0.25, -0.2) is 4.79 Å². The summed E-state index contributed by atoms with van der Waals surface area (Å²) in [5.41, 5.74) is 0.361. The van der Waals surface area contributed by atoms with Crippen LogP contribution in [0.25, 0.3) is 0 Å². The summed E-state index contributed by atoms with van der Waals surface area (Å²) in [6.45, 7) is 5.19. The van der Waals surface area contributed by atoms with Gasteiger partial charge in [0.1, 0.15) is 0 Å². The second-order valence-corrected chi connectivity index (χ2v) is 3.22. The molecule has 2 N–H and O–H groups in total. The second kappa shape index (κ2) is 6.56. The van der Waals surface area contributed by atoms with Crippen LogP contribution in [0, 0.1) is 0 Å². The molecular formula is C10H18O4. The fraction of sp³-hybridized carbons (Fsp3) is 0.700. The quantitative estimate of drug-likeness (QED) is 0.507. The highest BCUT2D eigenvalue weighted by Crippen LogP contribution is 2.04. The zero-order valence-electron chi connectivity index (χ0n) is 8.86. The van der Waals surface area contributed by atoms with E-state index in [0.717, 1.165) is 0 Å². The van der Waals surface area contributed by atoms with E-state index in [1.807, 2.05) is 0 Å². The van der Waals surface area contributed by atoms with E-state index in [4.69, 9.17) is 9.84 Å². The molecule has 0 saturated carbocycles. The summed E-state index contributed by atoms with van der Waals surface area (Å²) in [6, 6.07) is 0. The van der Waals surface area contributed by atoms with E-state index in [9.17, 15) is 9.90 Å². The molecule has 2 atom stereocenters. The second-order valence-electron chi connectivity index (χ2n) is 3.22. The molecule has 0 aromatic rings. The van der Waals surface area contributed by atoms with Crippen LogP contribution in [0.5, 0.6) is 0 Å². The molecule has 0 aliphatic rings. The van der Waals surface area contributed by atoms with Crippen LogP contribution in [0.2, 0.25) is 0 Å². The van der Waals surface area contributed by atoms with E-state index in [2.05, 4.69) is 0 Å². The molecule has 0 saturated heterocycles. The van der Waals surface area contributed by atoms with Gasteiger partial charge in [-0.15, -0.1) is 0 Å². The number of carbonyl (C=O) groups is 1. The van der Waals surface area contributed by atoms with Gasteiger partial charge in [0.15, 0.2) is 0 Å². The molecular weight excluding hydrogens is 184 g/mol. The van der Waals surface area contributed by atoms with Crippen molar-refractivity contribution in [2.24, 2.45) is 0 Å². The maximum atomic E-state index is 11.1. The van der Waals surface area contributed by atoms with Gasteiger partial charge in [0.2, 0.25) is 0 Å². The molecule has 4 nitrogen and oxygen atoms in total. The molecule has 0 bridgehead atoms. The number of aliphatic hydroxyl groups excluding tert-OH is 2. The lowest BCUT2D eigenvalue weighted by Crippen LogP contribution is -2.15. The van der Waals surface area contributed by atoms with Crippen molar-refractivity contribution >= 4 is 5.97 Å². The van der Waals surface area contributed by atoms with Crippen LogP contribution in [-0.2, 0) is 9.53 Å². The molecule has 82 valence electrons. The lowest BCUT2D eigenvalue weighted by Gasteiger charge is -2.09. The van der Waals surface area contributed by atoms with E-state index < -0.39 is 18.2 Å². The Morgan fingerprint density at radius 1 is 1.50 bits per heavy atom. The summed E-state index contributed by atoms with van der Waals surface area (Å²) < 4.78 is 4.73. The SMILES string of the molecule is CCOC(=O)/C(C)=C/[C@@H](O)C[C@H](C)O. The molecule has 14 heavy (non-hydrogen) atoms. The third-order valence-corrected chi connectivity index (χ3v) is 1.62. The van der Waals surface area contributed by atoms with Crippen molar-refractivity contribution in [2.45, 2.75) is 39.4 Å². The predicted molar refractivity (Wildman–Crippen MR) is 52.7 cm³/mol. The van der Waals surface area contributed by atoms with Gasteiger partial charge >= 0.3 is 5.97 Å². The van der Waals surface area contributed by atoms with Crippen LogP contribution in [-0.4, -0.2) is 35.0 Å². The van der Waals surface area contributed by atoms with Crippen LogP contribution in [0.4, 0.5) is 0 Å². The van der Waals surface area contributed by atoms with Crippen molar-refractivity contribution in [3.63, 3.8) is 0 Å². The van der Waals surface area contributed by atoms with Gasteiger partial charge < -0.3 is 14.9 Å². The fourth-order valence-electron chi connectivity index (χ4n) is 1.02. The van der Waals surface area contributed by atoms with Crippen LogP contribution in [0.3, 0.4) is 0 Å². The van der Waals surface area contributed by atoms with Gasteiger partial charge in [-0.3, -0.25) is 0 Å². The minimum atomic E-state index is -0.806. The Hall–Kier alpha value is -0.870. The van der Waals surface area contributed by atoms with Gasteiger partial charge in [0.05, 0.1) is 18.8 Å². The highest BCUT2D eigenvalue weighted by atomic mass is 16.5. The normalized spacial score (nSPS) is 16.2. The molecule has 0 fully saturated rings. The van der Waals surface area contributed by atoms with Crippen molar-refractivity contribution in [1.82, 2.24) is 0 Å². The number of esters is 1. The number of ether oxygens (including phenoxy) is 1. The minimum absolute atomic E-state index is 0.219. The first kappa shape index (κ1) is 13.1. The molecule has 0 unspecified atom stereocenters. The largest absolute Gasteiger partial charge is 0.463 e. The Morgan fingerprint density at radius 3 is 2.50 bits per heavy atom. The van der Waals surface area contributed by atoms with Crippen molar-refractivity contribution in [3.8, 4) is 0 Å². The van der Waals surface area contributed by atoms with E-state index >= 15 is 0 Å². The summed E-state index contributed by atoms with van der Waals surface area (Å²) in [4.78, 5) is 11.1. The smallest absolute Gasteiger partial charge is 0.333 e. The van der Waals surface area contributed by atoms with Crippen molar-refractivity contribution in [1.29, 1.82) is 0 Å². The molecule has 0 aliphatic heterocycles. The van der Waals surface area contributed by atoms with Crippen molar-refractivity contribution in [2.75, 3.05) is 6.61 Å². The summed E-state index contributed by atoms with van der Waals surface area (Å²) in [7, 11) is 0. The molecule has 0 aromatic heterocycles. The van der Waals surface area contributed by atoms with E-state index in [0.29, 0.717) is 12.2 Å². The molecule has 4 heteroatoms. The van der Waals surface area contributed by atoms with Crippen LogP contribution in [0.1, 0.15) is 27.2 Å². The molecule has 0 aliphatic carbocycles. The van der Waals surface area contributed by atoms with Crippen LogP contribution in [0.15, 0.2) is 11.6 Å². The number of rotatable bonds is 5. The van der Waals surface area contributed by atoms with Crippen molar-refractivity contribution in [3.05, 3.63) is 11.6 Å². The lowest BCUT2D eigenvalue weighted by molar-refractivity contribution is -0.138. The third kappa shape index (κ3) is 5.72. The number of hydrogen-bond donors (Lipinski definition) is 2. The van der Waals surface area contributed by atoms with Gasteiger partial charge in [-0.1, -0.05) is 0 Å². The molecule has 0 aromatic carbocycles. The maximum absolute atomic E-state index is 11.1. The molecule has 0 heterocycles. The Kier molecular flexibility index (Phi) is 6.16. The Bertz CT molecular complexity index is 208. The van der Waals surface area contributed by atoms with Crippen LogP contribution < -0.4 is 0 Å². The van der Waals surface area contributed by atoms with Gasteiger partial charge in [-0.2, -0.15) is 0 Å². The van der Waals surface area contributed by atoms with E-state index in [1.165, 1.54) is 6.08 Å². The number of aliphatic hydroxyl groups is 2. The Morgan fingerprint density at radius 2 is 2.07 bits per heavy atom. The molecule has 0 spiro atoms. The summed E-state index contributed by atoms with van der Waals surface area (Å²) in [6.07, 6.45) is 0.220. The molecule has 0 rings (SSSR count). The average Bonchev–Trinajstić information content (AvgIpc) is 2.02. The zero-order valence-corrected chi connectivity index (χ0v) is 8.86. The van der Waals surface area contributed by atoms with Gasteiger partial charge in [0.25, 0.3) is 0 Å². The predicted octanol–water partition coefficient (Wildman–Crippen LogP) is 0.628. The topological polar surface area (TPSA) is 66.8 Å². The minimum Gasteiger partial charge on any atom is -0.463 e. The van der Waals surface area contributed by atoms with Crippen LogP contribution >= 0.6 is 0 Å². The van der Waals surface area contributed by atoms with Gasteiger partial charge in [-0.05, 0) is 26.8 Å². The Balaban J connectivity index is 4.14. The molecule has 0 amide bonds. The Labute approximate surface area is 84.2 Å². The standard InChI is InChI=1S/C10H18O4/c1-4-14-10(13)7(2)5-9(12)6-8(3)11/h5,8-9,11-12H,4,6H2,1-3H3/b7-5+/t8-,9+/m0/s1. The first-order valence-electron chi connectivity index (χ1n) is 4.69. The first-order chi connectivity index (χ1) is 6.47. The van der Waals surface area contributed by atoms with Crippen molar-refractivity contribution < 1.29 is 19.7 Å². The first-order valence-corrected chi connectivity index (χ1v) is 4.69. The summed E-state index contributed by atoms with van der Waals surface area (Å²) in [5, 5.41) is 18.3. The monoisotopic (exact) mass is 202 g/mol. The highest BCUT2D eigenvalue weighted by Gasteiger charge is 2.09. The number of hydrogen-bond acceptors (Lipinski definition) is 4. The highest BCUT2D eigenvalue weighted by molar-refractivity contribution is 5.87. The fourth-order valence-corrected chi connectivity index (χ4v) is 1.02. The van der Waals surface area contributed by atoms with E-state index in [-0.39, 0.29) is 6.42 Å². The average molecular weight is 202 g/mol.